The highest BCUT2D eigenvalue weighted by Gasteiger charge is 2.32. The standard InChI is InChI=1S/C15H17NO2/c1-15(12-17,13-8-4-2-5-9-13)16(18)14-10-6-3-7-11-14/h2-11,17-18H,12H2,1H3. The zero-order valence-electron chi connectivity index (χ0n) is 10.3. The summed E-state index contributed by atoms with van der Waals surface area (Å²) in [5.74, 6) is 0. The smallest absolute Gasteiger partial charge is 0.112 e. The topological polar surface area (TPSA) is 43.7 Å². The van der Waals surface area contributed by atoms with Crippen LogP contribution < -0.4 is 5.06 Å². The number of anilines is 1. The van der Waals surface area contributed by atoms with Crippen LogP contribution in [0, 0.1) is 0 Å². The number of hydrogen-bond acceptors (Lipinski definition) is 3. The molecule has 0 saturated heterocycles. The first-order chi connectivity index (χ1) is 8.68. The minimum atomic E-state index is -0.859. The van der Waals surface area contributed by atoms with Crippen molar-refractivity contribution in [2.45, 2.75) is 12.5 Å². The van der Waals surface area contributed by atoms with Crippen molar-refractivity contribution in [2.75, 3.05) is 11.7 Å². The lowest BCUT2D eigenvalue weighted by atomic mass is 9.92. The van der Waals surface area contributed by atoms with Gasteiger partial charge in [-0.1, -0.05) is 48.5 Å². The fourth-order valence-electron chi connectivity index (χ4n) is 1.93. The van der Waals surface area contributed by atoms with E-state index in [1.54, 1.807) is 19.1 Å². The van der Waals surface area contributed by atoms with Crippen molar-refractivity contribution in [1.82, 2.24) is 0 Å². The van der Waals surface area contributed by atoms with Crippen LogP contribution in [0.5, 0.6) is 0 Å². The molecule has 2 N–H and O–H groups in total. The van der Waals surface area contributed by atoms with Crippen LogP contribution in [0.25, 0.3) is 0 Å². The molecule has 0 aromatic heterocycles. The minimum absolute atomic E-state index is 0.178. The molecule has 1 atom stereocenters. The second-order valence-corrected chi connectivity index (χ2v) is 4.45. The van der Waals surface area contributed by atoms with E-state index in [1.165, 1.54) is 0 Å². The van der Waals surface area contributed by atoms with Crippen molar-refractivity contribution in [1.29, 1.82) is 0 Å². The Bertz CT molecular complexity index is 486. The lowest BCUT2D eigenvalue weighted by Gasteiger charge is -2.37. The fourth-order valence-corrected chi connectivity index (χ4v) is 1.93. The molecule has 1 unspecified atom stereocenters. The summed E-state index contributed by atoms with van der Waals surface area (Å²) >= 11 is 0. The Hall–Kier alpha value is -1.84. The Labute approximate surface area is 107 Å². The van der Waals surface area contributed by atoms with E-state index in [4.69, 9.17) is 0 Å². The van der Waals surface area contributed by atoms with Crippen molar-refractivity contribution >= 4 is 5.69 Å². The van der Waals surface area contributed by atoms with Crippen molar-refractivity contribution in [3.63, 3.8) is 0 Å². The van der Waals surface area contributed by atoms with Gasteiger partial charge in [-0.15, -0.1) is 0 Å². The van der Waals surface area contributed by atoms with Gasteiger partial charge in [-0.25, -0.2) is 5.06 Å². The van der Waals surface area contributed by atoms with Crippen LogP contribution in [0.3, 0.4) is 0 Å². The summed E-state index contributed by atoms with van der Waals surface area (Å²) in [5, 5.41) is 21.1. The number of benzene rings is 2. The maximum Gasteiger partial charge on any atom is 0.112 e. The van der Waals surface area contributed by atoms with Gasteiger partial charge in [-0.2, -0.15) is 0 Å². The Morgan fingerprint density at radius 3 is 1.94 bits per heavy atom. The summed E-state index contributed by atoms with van der Waals surface area (Å²) < 4.78 is 0. The zero-order valence-corrected chi connectivity index (χ0v) is 10.3. The molecule has 94 valence electrons. The number of rotatable bonds is 4. The number of hydroxylamine groups is 1. The average Bonchev–Trinajstić information content (AvgIpc) is 2.47. The van der Waals surface area contributed by atoms with Gasteiger partial charge in [-0.3, -0.25) is 5.21 Å². The molecular formula is C15H17NO2. The molecule has 0 bridgehead atoms. The highest BCUT2D eigenvalue weighted by Crippen LogP contribution is 2.30. The summed E-state index contributed by atoms with van der Waals surface area (Å²) in [6, 6.07) is 18.7. The predicted molar refractivity (Wildman–Crippen MR) is 71.6 cm³/mol. The molecule has 3 nitrogen and oxygen atoms in total. The summed E-state index contributed by atoms with van der Waals surface area (Å²) in [6.45, 7) is 1.62. The van der Waals surface area contributed by atoms with Gasteiger partial charge >= 0.3 is 0 Å². The number of aliphatic hydroxyl groups excluding tert-OH is 1. The highest BCUT2D eigenvalue weighted by atomic mass is 16.5. The Morgan fingerprint density at radius 1 is 0.944 bits per heavy atom. The molecule has 0 aliphatic rings. The average molecular weight is 243 g/mol. The summed E-state index contributed by atoms with van der Waals surface area (Å²) in [6.07, 6.45) is 0. The van der Waals surface area contributed by atoms with E-state index in [9.17, 15) is 10.3 Å². The first-order valence-electron chi connectivity index (χ1n) is 5.89. The van der Waals surface area contributed by atoms with Gasteiger partial charge in [-0.05, 0) is 24.6 Å². The quantitative estimate of drug-likeness (QED) is 0.811. The van der Waals surface area contributed by atoms with E-state index in [1.807, 2.05) is 48.5 Å². The summed E-state index contributed by atoms with van der Waals surface area (Å²) in [4.78, 5) is 0. The molecule has 0 radical (unpaired) electrons. The third-order valence-electron chi connectivity index (χ3n) is 3.17. The van der Waals surface area contributed by atoms with Crippen LogP contribution in [0.4, 0.5) is 5.69 Å². The molecule has 0 aliphatic carbocycles. The van der Waals surface area contributed by atoms with Crippen LogP contribution in [0.1, 0.15) is 12.5 Å². The first-order valence-corrected chi connectivity index (χ1v) is 5.89. The van der Waals surface area contributed by atoms with E-state index >= 15 is 0 Å². The van der Waals surface area contributed by atoms with Crippen LogP contribution in [-0.4, -0.2) is 16.9 Å². The van der Waals surface area contributed by atoms with Crippen LogP contribution in [0.2, 0.25) is 0 Å². The summed E-state index contributed by atoms with van der Waals surface area (Å²) in [5.41, 5.74) is 0.652. The molecule has 0 heterocycles. The molecule has 0 fully saturated rings. The molecule has 3 heteroatoms. The van der Waals surface area contributed by atoms with Gasteiger partial charge in [0.2, 0.25) is 0 Å². The van der Waals surface area contributed by atoms with Gasteiger partial charge < -0.3 is 5.11 Å². The summed E-state index contributed by atoms with van der Waals surface area (Å²) in [7, 11) is 0. The maximum absolute atomic E-state index is 10.4. The molecule has 0 amide bonds. The van der Waals surface area contributed by atoms with Gasteiger partial charge in [0.15, 0.2) is 0 Å². The molecular weight excluding hydrogens is 226 g/mol. The monoisotopic (exact) mass is 243 g/mol. The second-order valence-electron chi connectivity index (χ2n) is 4.45. The molecule has 2 aromatic rings. The minimum Gasteiger partial charge on any atom is -0.393 e. The van der Waals surface area contributed by atoms with Crippen molar-refractivity contribution in [3.05, 3.63) is 66.2 Å². The molecule has 0 saturated carbocycles. The Kier molecular flexibility index (Phi) is 3.65. The number of para-hydroxylation sites is 1. The van der Waals surface area contributed by atoms with Crippen molar-refractivity contribution in [2.24, 2.45) is 0 Å². The third kappa shape index (κ3) is 2.23. The number of aliphatic hydroxyl groups is 1. The Balaban J connectivity index is 2.39. The second kappa shape index (κ2) is 5.21. The van der Waals surface area contributed by atoms with Crippen LogP contribution >= 0.6 is 0 Å². The van der Waals surface area contributed by atoms with Gasteiger partial charge in [0.1, 0.15) is 5.54 Å². The molecule has 0 aliphatic heterocycles. The molecule has 18 heavy (non-hydrogen) atoms. The van der Waals surface area contributed by atoms with Crippen molar-refractivity contribution < 1.29 is 10.3 Å². The fraction of sp³-hybridized carbons (Fsp3) is 0.200. The number of hydrogen-bond donors (Lipinski definition) is 2. The highest BCUT2D eigenvalue weighted by molar-refractivity contribution is 5.48. The van der Waals surface area contributed by atoms with Gasteiger partial charge in [0, 0.05) is 0 Å². The third-order valence-corrected chi connectivity index (χ3v) is 3.17. The van der Waals surface area contributed by atoms with E-state index < -0.39 is 5.54 Å². The lowest BCUT2D eigenvalue weighted by molar-refractivity contribution is 0.0987. The molecule has 0 spiro atoms. The van der Waals surface area contributed by atoms with E-state index in [-0.39, 0.29) is 6.61 Å². The van der Waals surface area contributed by atoms with Crippen LogP contribution in [0.15, 0.2) is 60.7 Å². The van der Waals surface area contributed by atoms with E-state index in [0.717, 1.165) is 10.6 Å². The first kappa shape index (κ1) is 12.6. The number of nitrogens with zero attached hydrogens (tertiary/aromatic N) is 1. The van der Waals surface area contributed by atoms with Crippen LogP contribution in [-0.2, 0) is 5.54 Å². The predicted octanol–water partition coefficient (Wildman–Crippen LogP) is 2.79. The SMILES string of the molecule is CC(CO)(c1ccccc1)N(O)c1ccccc1. The Morgan fingerprint density at radius 2 is 1.44 bits per heavy atom. The van der Waals surface area contributed by atoms with Gasteiger partial charge in [0.05, 0.1) is 12.3 Å². The maximum atomic E-state index is 10.4. The lowest BCUT2D eigenvalue weighted by Crippen LogP contribution is -2.45. The van der Waals surface area contributed by atoms with E-state index in [2.05, 4.69) is 0 Å². The van der Waals surface area contributed by atoms with E-state index in [0.29, 0.717) is 5.69 Å². The van der Waals surface area contributed by atoms with Gasteiger partial charge in [0.25, 0.3) is 0 Å². The molecule has 2 aromatic carbocycles. The molecule has 2 rings (SSSR count). The zero-order chi connectivity index (χ0) is 13.0. The largest absolute Gasteiger partial charge is 0.393 e. The normalized spacial score (nSPS) is 13.9. The van der Waals surface area contributed by atoms with Crippen molar-refractivity contribution in [3.8, 4) is 0 Å².